The molecule has 3 atom stereocenters. The fourth-order valence-corrected chi connectivity index (χ4v) is 7.15. The highest BCUT2D eigenvalue weighted by Gasteiger charge is 2.47. The van der Waals surface area contributed by atoms with Gasteiger partial charge in [-0.2, -0.15) is 0 Å². The highest BCUT2D eigenvalue weighted by atomic mass is 19.1. The number of rotatable bonds is 7. The summed E-state index contributed by atoms with van der Waals surface area (Å²) >= 11 is 0. The van der Waals surface area contributed by atoms with Gasteiger partial charge in [-0.25, -0.2) is 9.18 Å². The summed E-state index contributed by atoms with van der Waals surface area (Å²) in [6.07, 6.45) is 9.43. The minimum Gasteiger partial charge on any atom is -0.477 e. The van der Waals surface area contributed by atoms with Crippen LogP contribution in [0.25, 0.3) is 10.9 Å². The second kappa shape index (κ2) is 11.4. The smallest absolute Gasteiger partial charge is 0.352 e. The molecule has 2 saturated carbocycles. The Labute approximate surface area is 222 Å². The molecule has 2 aromatic rings. The molecular formula is C29H39FN4O4. The van der Waals surface area contributed by atoms with Crippen LogP contribution in [0.4, 0.5) is 10.1 Å². The first kappa shape index (κ1) is 26.7. The number of carboxylic acid groups (broad SMARTS) is 1. The van der Waals surface area contributed by atoms with Crippen LogP contribution in [-0.4, -0.2) is 58.1 Å². The van der Waals surface area contributed by atoms with Crippen LogP contribution in [0.1, 0.15) is 74.7 Å². The number of carbonyl (C=O) groups excluding carboxylic acids is 2. The average molecular weight is 527 g/mol. The maximum atomic E-state index is 13.8. The SMILES string of the molecule is N[C@H](CF)C1CCC(C(=O)N2CC[C@@H](C3CCCCC3)[C@H]2C(=O)Nc2ccc3[nH]c(C(=O)O)cc3c2)CC1. The highest BCUT2D eigenvalue weighted by molar-refractivity contribution is 6.00. The van der Waals surface area contributed by atoms with Gasteiger partial charge < -0.3 is 26.0 Å². The van der Waals surface area contributed by atoms with E-state index >= 15 is 0 Å². The second-order valence-corrected chi connectivity index (χ2v) is 11.5. The quantitative estimate of drug-likeness (QED) is 0.416. The molecular weight excluding hydrogens is 487 g/mol. The van der Waals surface area contributed by atoms with Crippen LogP contribution in [0.3, 0.4) is 0 Å². The molecule has 8 nitrogen and oxygen atoms in total. The number of halogens is 1. The van der Waals surface area contributed by atoms with E-state index in [4.69, 9.17) is 5.73 Å². The molecule has 2 heterocycles. The van der Waals surface area contributed by atoms with Crippen LogP contribution in [0.15, 0.2) is 24.3 Å². The maximum Gasteiger partial charge on any atom is 0.352 e. The average Bonchev–Trinajstić information content (AvgIpc) is 3.58. The van der Waals surface area contributed by atoms with Gasteiger partial charge in [-0.05, 0) is 74.1 Å². The molecule has 3 fully saturated rings. The van der Waals surface area contributed by atoms with Crippen molar-refractivity contribution >= 4 is 34.4 Å². The lowest BCUT2D eigenvalue weighted by Crippen LogP contribution is -2.50. The van der Waals surface area contributed by atoms with Gasteiger partial charge in [0, 0.05) is 35.1 Å². The zero-order valence-electron chi connectivity index (χ0n) is 21.8. The predicted octanol–water partition coefficient (Wildman–Crippen LogP) is 4.71. The van der Waals surface area contributed by atoms with Gasteiger partial charge in [-0.1, -0.05) is 32.1 Å². The number of aromatic nitrogens is 1. The Morgan fingerprint density at radius 1 is 1.05 bits per heavy atom. The van der Waals surface area contributed by atoms with Crippen LogP contribution >= 0.6 is 0 Å². The second-order valence-electron chi connectivity index (χ2n) is 11.5. The van der Waals surface area contributed by atoms with E-state index in [9.17, 15) is 23.9 Å². The van der Waals surface area contributed by atoms with Crippen molar-refractivity contribution in [2.45, 2.75) is 76.3 Å². The number of hydrogen-bond donors (Lipinski definition) is 4. The number of H-pyrrole nitrogens is 1. The number of aromatic carboxylic acids is 1. The van der Waals surface area contributed by atoms with E-state index in [0.29, 0.717) is 41.9 Å². The molecule has 2 aliphatic carbocycles. The summed E-state index contributed by atoms with van der Waals surface area (Å²) in [6, 6.07) is 5.85. The van der Waals surface area contributed by atoms with E-state index in [0.717, 1.165) is 32.1 Å². The Balaban J connectivity index is 1.34. The molecule has 2 amide bonds. The summed E-state index contributed by atoms with van der Waals surface area (Å²) in [4.78, 5) is 43.6. The Bertz CT molecular complexity index is 1170. The van der Waals surface area contributed by atoms with Crippen molar-refractivity contribution < 1.29 is 23.9 Å². The van der Waals surface area contributed by atoms with Crippen molar-refractivity contribution in [3.8, 4) is 0 Å². The van der Waals surface area contributed by atoms with E-state index in [-0.39, 0.29) is 35.3 Å². The molecule has 5 rings (SSSR count). The molecule has 0 spiro atoms. The van der Waals surface area contributed by atoms with Crippen LogP contribution in [0, 0.1) is 23.7 Å². The Morgan fingerprint density at radius 2 is 1.79 bits per heavy atom. The topological polar surface area (TPSA) is 129 Å². The van der Waals surface area contributed by atoms with Crippen molar-refractivity contribution in [3.05, 3.63) is 30.0 Å². The predicted molar refractivity (Wildman–Crippen MR) is 143 cm³/mol. The number of nitrogens with two attached hydrogens (primary N) is 1. The van der Waals surface area contributed by atoms with Crippen LogP contribution < -0.4 is 11.1 Å². The highest BCUT2D eigenvalue weighted by Crippen LogP contribution is 2.41. The lowest BCUT2D eigenvalue weighted by Gasteiger charge is -2.36. The van der Waals surface area contributed by atoms with E-state index in [1.807, 2.05) is 4.90 Å². The van der Waals surface area contributed by atoms with Gasteiger partial charge in [0.25, 0.3) is 0 Å². The molecule has 0 bridgehead atoms. The molecule has 1 aromatic carbocycles. The number of nitrogens with zero attached hydrogens (tertiary/aromatic N) is 1. The van der Waals surface area contributed by atoms with E-state index in [2.05, 4.69) is 10.3 Å². The van der Waals surface area contributed by atoms with Gasteiger partial charge in [0.2, 0.25) is 11.8 Å². The largest absolute Gasteiger partial charge is 0.477 e. The summed E-state index contributed by atoms with van der Waals surface area (Å²) in [7, 11) is 0. The molecule has 0 radical (unpaired) electrons. The fraction of sp³-hybridized carbons (Fsp3) is 0.621. The Hall–Kier alpha value is -2.94. The van der Waals surface area contributed by atoms with Crippen LogP contribution in [0.5, 0.6) is 0 Å². The number of amides is 2. The number of aromatic amines is 1. The molecule has 1 aliphatic heterocycles. The molecule has 3 aliphatic rings. The van der Waals surface area contributed by atoms with Gasteiger partial charge in [0.1, 0.15) is 18.4 Å². The monoisotopic (exact) mass is 526 g/mol. The van der Waals surface area contributed by atoms with Crippen molar-refractivity contribution in [1.29, 1.82) is 0 Å². The first-order valence-electron chi connectivity index (χ1n) is 14.1. The molecule has 1 saturated heterocycles. The molecule has 0 unspecified atom stereocenters. The number of likely N-dealkylation sites (tertiary alicyclic amines) is 1. The van der Waals surface area contributed by atoms with Gasteiger partial charge in [-0.15, -0.1) is 0 Å². The number of hydrogen-bond acceptors (Lipinski definition) is 4. The van der Waals surface area contributed by atoms with Crippen LogP contribution in [0.2, 0.25) is 0 Å². The molecule has 206 valence electrons. The van der Waals surface area contributed by atoms with Crippen molar-refractivity contribution in [1.82, 2.24) is 9.88 Å². The first-order valence-corrected chi connectivity index (χ1v) is 14.1. The minimum absolute atomic E-state index is 0.0444. The summed E-state index contributed by atoms with van der Waals surface area (Å²) in [5.41, 5.74) is 7.28. The van der Waals surface area contributed by atoms with Crippen molar-refractivity contribution in [3.63, 3.8) is 0 Å². The Morgan fingerprint density at radius 3 is 2.47 bits per heavy atom. The maximum absolute atomic E-state index is 13.8. The number of carbonyl (C=O) groups is 3. The lowest BCUT2D eigenvalue weighted by atomic mass is 9.76. The number of nitrogens with one attached hydrogen (secondary N) is 2. The summed E-state index contributed by atoms with van der Waals surface area (Å²) in [5, 5.41) is 13.0. The standard InChI is InChI=1S/C29H39FN4O4/c30-16-23(31)18-6-8-19(9-7-18)28(36)34-13-12-22(17-4-2-1-3-5-17)26(34)27(35)32-21-10-11-24-20(14-21)15-25(33-24)29(37)38/h10-11,14-15,17-19,22-23,26,33H,1-9,12-13,16,31H2,(H,32,35)(H,37,38)/t18?,19?,22-,23+,26-/m0/s1. The lowest BCUT2D eigenvalue weighted by molar-refractivity contribution is -0.142. The van der Waals surface area contributed by atoms with Gasteiger partial charge in [0.15, 0.2) is 0 Å². The summed E-state index contributed by atoms with van der Waals surface area (Å²) < 4.78 is 13.1. The third kappa shape index (κ3) is 5.44. The van der Waals surface area contributed by atoms with E-state index in [1.54, 1.807) is 24.3 Å². The number of benzene rings is 1. The van der Waals surface area contributed by atoms with Crippen molar-refractivity contribution in [2.24, 2.45) is 29.4 Å². The molecule has 5 N–H and O–H groups in total. The Kier molecular flexibility index (Phi) is 8.02. The first-order chi connectivity index (χ1) is 18.4. The normalized spacial score (nSPS) is 27.4. The minimum atomic E-state index is -1.04. The van der Waals surface area contributed by atoms with Gasteiger partial charge >= 0.3 is 5.97 Å². The third-order valence-electron chi connectivity index (χ3n) is 9.28. The van der Waals surface area contributed by atoms with Gasteiger partial charge in [-0.3, -0.25) is 9.59 Å². The van der Waals surface area contributed by atoms with E-state index < -0.39 is 24.7 Å². The zero-order chi connectivity index (χ0) is 26.8. The molecule has 1 aromatic heterocycles. The summed E-state index contributed by atoms with van der Waals surface area (Å²) in [6.45, 7) is 0.0493. The molecule has 9 heteroatoms. The fourth-order valence-electron chi connectivity index (χ4n) is 7.15. The number of alkyl halides is 1. The van der Waals surface area contributed by atoms with Crippen LogP contribution in [-0.2, 0) is 9.59 Å². The molecule has 38 heavy (non-hydrogen) atoms. The number of anilines is 1. The van der Waals surface area contributed by atoms with E-state index in [1.165, 1.54) is 19.3 Å². The zero-order valence-corrected chi connectivity index (χ0v) is 21.8. The third-order valence-corrected chi connectivity index (χ3v) is 9.28. The summed E-state index contributed by atoms with van der Waals surface area (Å²) in [5.74, 6) is -0.643. The number of fused-ring (bicyclic) bond motifs is 1. The number of carboxylic acids is 1. The van der Waals surface area contributed by atoms with Crippen molar-refractivity contribution in [2.75, 3.05) is 18.5 Å². The van der Waals surface area contributed by atoms with Gasteiger partial charge in [0.05, 0.1) is 0 Å².